The number of nitrogens with two attached hydrogens (primary N) is 1. The zero-order valence-corrected chi connectivity index (χ0v) is 7.05. The number of nitrogens with zero attached hydrogens (tertiary/aromatic N) is 1. The van der Waals surface area contributed by atoms with Crippen LogP contribution in [0.3, 0.4) is 0 Å². The molecule has 0 aliphatic carbocycles. The number of hydrogen-bond donors (Lipinski definition) is 1. The molecule has 1 aliphatic heterocycles. The molecule has 3 nitrogen and oxygen atoms in total. The molecule has 1 rings (SSSR count). The normalized spacial score (nSPS) is 26.8. The summed E-state index contributed by atoms with van der Waals surface area (Å²) in [4.78, 5) is 2.28. The lowest BCUT2D eigenvalue weighted by atomic mass is 10.2. The van der Waals surface area contributed by atoms with Gasteiger partial charge in [-0.05, 0) is 6.92 Å². The minimum absolute atomic E-state index is 0.476. The van der Waals surface area contributed by atoms with Crippen LogP contribution < -0.4 is 5.73 Å². The van der Waals surface area contributed by atoms with Crippen LogP contribution in [-0.2, 0) is 4.74 Å². The molecular formula is C8H16N2O. The summed E-state index contributed by atoms with van der Waals surface area (Å²) in [5.74, 6) is 0. The second kappa shape index (κ2) is 3.74. The molecule has 0 bridgehead atoms. The van der Waals surface area contributed by atoms with Crippen molar-refractivity contribution >= 4 is 0 Å². The fourth-order valence-electron chi connectivity index (χ4n) is 1.26. The second-order valence-corrected chi connectivity index (χ2v) is 3.05. The van der Waals surface area contributed by atoms with Gasteiger partial charge in [0.1, 0.15) is 0 Å². The first-order valence-corrected chi connectivity index (χ1v) is 3.95. The van der Waals surface area contributed by atoms with Gasteiger partial charge in [-0.2, -0.15) is 0 Å². The van der Waals surface area contributed by atoms with Gasteiger partial charge >= 0.3 is 0 Å². The molecule has 3 heteroatoms. The predicted molar refractivity (Wildman–Crippen MR) is 45.2 cm³/mol. The molecule has 1 saturated heterocycles. The van der Waals surface area contributed by atoms with E-state index in [2.05, 4.69) is 18.4 Å². The molecule has 0 spiro atoms. The van der Waals surface area contributed by atoms with Gasteiger partial charge in [-0.15, -0.1) is 0 Å². The van der Waals surface area contributed by atoms with E-state index >= 15 is 0 Å². The Morgan fingerprint density at radius 2 is 2.55 bits per heavy atom. The Kier molecular flexibility index (Phi) is 2.91. The molecule has 1 aliphatic rings. The van der Waals surface area contributed by atoms with Gasteiger partial charge in [0, 0.05) is 24.8 Å². The van der Waals surface area contributed by atoms with Crippen molar-refractivity contribution in [1.29, 1.82) is 0 Å². The molecule has 0 radical (unpaired) electrons. The average Bonchev–Trinajstić information content (AvgIpc) is 1.93. The standard InChI is InChI=1S/C8H16N2O/c1-7(9)5-10-3-4-11-6-8(10)2/h8H,1,3-6,9H2,2H3. The Hall–Kier alpha value is -0.540. The quantitative estimate of drug-likeness (QED) is 0.620. The summed E-state index contributed by atoms with van der Waals surface area (Å²) >= 11 is 0. The first-order valence-electron chi connectivity index (χ1n) is 3.95. The molecule has 1 fully saturated rings. The summed E-state index contributed by atoms with van der Waals surface area (Å²) in [6, 6.07) is 0.476. The van der Waals surface area contributed by atoms with Crippen molar-refractivity contribution in [3.05, 3.63) is 12.3 Å². The van der Waals surface area contributed by atoms with E-state index in [0.29, 0.717) is 6.04 Å². The Labute approximate surface area is 67.8 Å². The van der Waals surface area contributed by atoms with E-state index in [0.717, 1.165) is 32.0 Å². The molecule has 64 valence electrons. The number of rotatable bonds is 2. The molecule has 2 N–H and O–H groups in total. The van der Waals surface area contributed by atoms with Crippen LogP contribution in [0.15, 0.2) is 12.3 Å². The van der Waals surface area contributed by atoms with Crippen molar-refractivity contribution in [2.45, 2.75) is 13.0 Å². The first-order chi connectivity index (χ1) is 5.20. The van der Waals surface area contributed by atoms with Gasteiger partial charge in [0.15, 0.2) is 0 Å². The summed E-state index contributed by atoms with van der Waals surface area (Å²) in [5.41, 5.74) is 6.24. The molecule has 1 heterocycles. The molecule has 11 heavy (non-hydrogen) atoms. The maximum Gasteiger partial charge on any atom is 0.0619 e. The molecule has 1 unspecified atom stereocenters. The van der Waals surface area contributed by atoms with Crippen LogP contribution in [-0.4, -0.2) is 37.2 Å². The molecule has 0 aromatic carbocycles. The lowest BCUT2D eigenvalue weighted by molar-refractivity contribution is 0.00427. The minimum Gasteiger partial charge on any atom is -0.401 e. The van der Waals surface area contributed by atoms with Gasteiger partial charge in [-0.25, -0.2) is 0 Å². The Balaban J connectivity index is 2.35. The van der Waals surface area contributed by atoms with Crippen LogP contribution in [0.25, 0.3) is 0 Å². The summed E-state index contributed by atoms with van der Waals surface area (Å²) in [7, 11) is 0. The summed E-state index contributed by atoms with van der Waals surface area (Å²) in [6.45, 7) is 9.22. The zero-order chi connectivity index (χ0) is 8.27. The van der Waals surface area contributed by atoms with Crippen LogP contribution in [0.2, 0.25) is 0 Å². The average molecular weight is 156 g/mol. The van der Waals surface area contributed by atoms with E-state index in [1.165, 1.54) is 0 Å². The van der Waals surface area contributed by atoms with Crippen molar-refractivity contribution in [2.75, 3.05) is 26.3 Å². The Bertz CT molecular complexity index is 147. The van der Waals surface area contributed by atoms with E-state index in [1.807, 2.05) is 0 Å². The van der Waals surface area contributed by atoms with Gasteiger partial charge < -0.3 is 10.5 Å². The van der Waals surface area contributed by atoms with E-state index in [4.69, 9.17) is 10.5 Å². The highest BCUT2D eigenvalue weighted by atomic mass is 16.5. The van der Waals surface area contributed by atoms with Crippen molar-refractivity contribution < 1.29 is 4.74 Å². The summed E-state index contributed by atoms with van der Waals surface area (Å²) in [5, 5.41) is 0. The zero-order valence-electron chi connectivity index (χ0n) is 7.05. The smallest absolute Gasteiger partial charge is 0.0619 e. The number of morpholine rings is 1. The number of ether oxygens (including phenoxy) is 1. The lowest BCUT2D eigenvalue weighted by Gasteiger charge is -2.32. The summed E-state index contributed by atoms with van der Waals surface area (Å²) < 4.78 is 5.28. The van der Waals surface area contributed by atoms with E-state index in [9.17, 15) is 0 Å². The molecule has 0 aromatic rings. The van der Waals surface area contributed by atoms with Gasteiger partial charge in [0.25, 0.3) is 0 Å². The highest BCUT2D eigenvalue weighted by Gasteiger charge is 2.17. The summed E-state index contributed by atoms with van der Waals surface area (Å²) in [6.07, 6.45) is 0. The predicted octanol–water partition coefficient (Wildman–Crippen LogP) is 0.179. The SMILES string of the molecule is C=C(N)CN1CCOCC1C. The van der Waals surface area contributed by atoms with Crippen LogP contribution >= 0.6 is 0 Å². The molecule has 0 aromatic heterocycles. The Morgan fingerprint density at radius 1 is 1.82 bits per heavy atom. The van der Waals surface area contributed by atoms with Crippen LogP contribution in [0.5, 0.6) is 0 Å². The maximum atomic E-state index is 5.51. The highest BCUT2D eigenvalue weighted by Crippen LogP contribution is 2.05. The molecule has 0 amide bonds. The highest BCUT2D eigenvalue weighted by molar-refractivity contribution is 4.91. The fourth-order valence-corrected chi connectivity index (χ4v) is 1.26. The van der Waals surface area contributed by atoms with Crippen molar-refractivity contribution in [3.8, 4) is 0 Å². The third-order valence-corrected chi connectivity index (χ3v) is 1.91. The van der Waals surface area contributed by atoms with Crippen molar-refractivity contribution in [3.63, 3.8) is 0 Å². The fraction of sp³-hybridized carbons (Fsp3) is 0.750. The van der Waals surface area contributed by atoms with Crippen molar-refractivity contribution in [2.24, 2.45) is 5.73 Å². The third kappa shape index (κ3) is 2.52. The van der Waals surface area contributed by atoms with Gasteiger partial charge in [0.05, 0.1) is 13.2 Å². The molecule has 0 saturated carbocycles. The second-order valence-electron chi connectivity index (χ2n) is 3.05. The van der Waals surface area contributed by atoms with Gasteiger partial charge in [0.2, 0.25) is 0 Å². The van der Waals surface area contributed by atoms with E-state index < -0.39 is 0 Å². The maximum absolute atomic E-state index is 5.51. The van der Waals surface area contributed by atoms with Crippen LogP contribution in [0, 0.1) is 0 Å². The Morgan fingerprint density at radius 3 is 3.09 bits per heavy atom. The van der Waals surface area contributed by atoms with Crippen LogP contribution in [0.1, 0.15) is 6.92 Å². The van der Waals surface area contributed by atoms with E-state index in [-0.39, 0.29) is 0 Å². The monoisotopic (exact) mass is 156 g/mol. The number of hydrogen-bond acceptors (Lipinski definition) is 3. The largest absolute Gasteiger partial charge is 0.401 e. The third-order valence-electron chi connectivity index (χ3n) is 1.91. The topological polar surface area (TPSA) is 38.5 Å². The molecular weight excluding hydrogens is 140 g/mol. The lowest BCUT2D eigenvalue weighted by Crippen LogP contribution is -2.45. The van der Waals surface area contributed by atoms with Crippen LogP contribution in [0.4, 0.5) is 0 Å². The minimum atomic E-state index is 0.476. The van der Waals surface area contributed by atoms with E-state index in [1.54, 1.807) is 0 Å². The van der Waals surface area contributed by atoms with Gasteiger partial charge in [-0.1, -0.05) is 6.58 Å². The van der Waals surface area contributed by atoms with Crippen molar-refractivity contribution in [1.82, 2.24) is 4.90 Å². The molecule has 1 atom stereocenters. The first kappa shape index (κ1) is 8.56. The van der Waals surface area contributed by atoms with Gasteiger partial charge in [-0.3, -0.25) is 4.90 Å².